The maximum absolute atomic E-state index is 13.1. The van der Waals surface area contributed by atoms with Crippen molar-refractivity contribution in [2.75, 3.05) is 13.2 Å². The van der Waals surface area contributed by atoms with E-state index in [1.165, 1.54) is 27.8 Å². The van der Waals surface area contributed by atoms with Crippen LogP contribution in [0.25, 0.3) is 11.0 Å². The fraction of sp³-hybridized carbons (Fsp3) is 0.286. The smallest absolute Gasteiger partial charge is 0.245 e. The van der Waals surface area contributed by atoms with Crippen LogP contribution in [0.3, 0.4) is 0 Å². The number of rotatable bonds is 5. The van der Waals surface area contributed by atoms with Crippen molar-refractivity contribution in [1.29, 1.82) is 0 Å². The monoisotopic (exact) mass is 596 g/mol. The Bertz CT molecular complexity index is 1430. The molecule has 0 atom stereocenters. The van der Waals surface area contributed by atoms with Crippen molar-refractivity contribution in [2.45, 2.75) is 39.8 Å². The number of aromatic nitrogens is 2. The lowest BCUT2D eigenvalue weighted by atomic mass is 9.99. The van der Waals surface area contributed by atoms with Crippen molar-refractivity contribution in [1.82, 2.24) is 4.57 Å². The first kappa shape index (κ1) is 24.1. The summed E-state index contributed by atoms with van der Waals surface area (Å²) in [6.45, 7) is 6.67. The van der Waals surface area contributed by atoms with Crippen LogP contribution in [-0.4, -0.2) is 23.6 Å². The third-order valence-electron chi connectivity index (χ3n) is 7.06. The molecule has 2 aliphatic heterocycles. The molecule has 4 aromatic rings. The van der Waals surface area contributed by atoms with Gasteiger partial charge >= 0.3 is 0 Å². The van der Waals surface area contributed by atoms with E-state index < -0.39 is 0 Å². The Morgan fingerprint density at radius 2 is 1.77 bits per heavy atom. The minimum absolute atomic E-state index is 0. The second kappa shape index (κ2) is 9.43. The van der Waals surface area contributed by atoms with E-state index in [1.54, 1.807) is 0 Å². The molecule has 3 aromatic carbocycles. The molecule has 0 bridgehead atoms. The number of carbonyl (C=O) groups is 1. The van der Waals surface area contributed by atoms with Crippen LogP contribution in [0.1, 0.15) is 38.2 Å². The molecule has 0 fully saturated rings. The third-order valence-corrected chi connectivity index (χ3v) is 7.59. The second-order valence-electron chi connectivity index (χ2n) is 9.24. The van der Waals surface area contributed by atoms with Crippen molar-refractivity contribution < 1.29 is 35.8 Å². The van der Waals surface area contributed by atoms with Gasteiger partial charge in [0, 0.05) is 39.6 Å². The number of hydrogen-bond donors (Lipinski definition) is 0. The number of halogens is 2. The molecule has 180 valence electrons. The first-order valence-electron chi connectivity index (χ1n) is 11.7. The Morgan fingerprint density at radius 1 is 1.03 bits per heavy atom. The third kappa shape index (κ3) is 4.29. The van der Waals surface area contributed by atoms with Crippen LogP contribution >= 0.6 is 15.9 Å². The zero-order valence-electron chi connectivity index (χ0n) is 19.7. The average Bonchev–Trinajstić information content (AvgIpc) is 3.55. The molecule has 6 rings (SSSR count). The molecule has 2 aliphatic rings. The number of Topliss-reactive ketones (excluding diaryl/α,β-unsaturated/α-hetero) is 1. The number of fused-ring (bicyclic) bond motifs is 3. The van der Waals surface area contributed by atoms with Crippen LogP contribution in [0, 0.1) is 13.8 Å². The first-order chi connectivity index (χ1) is 16.5. The summed E-state index contributed by atoms with van der Waals surface area (Å²) < 4.78 is 17.3. The predicted octanol–water partition coefficient (Wildman–Crippen LogP) is 2.11. The number of benzene rings is 3. The van der Waals surface area contributed by atoms with Gasteiger partial charge in [-0.15, -0.1) is 0 Å². The summed E-state index contributed by atoms with van der Waals surface area (Å²) in [4.78, 5) is 13.1. The largest absolute Gasteiger partial charge is 1.00 e. The summed E-state index contributed by atoms with van der Waals surface area (Å²) in [5.74, 6) is 2.11. The minimum Gasteiger partial charge on any atom is -1.00 e. The minimum atomic E-state index is 0. The van der Waals surface area contributed by atoms with Gasteiger partial charge in [0.25, 0.3) is 0 Å². The van der Waals surface area contributed by atoms with Gasteiger partial charge in [0.05, 0.1) is 13.2 Å². The maximum Gasteiger partial charge on any atom is 0.245 e. The molecule has 0 amide bonds. The van der Waals surface area contributed by atoms with Gasteiger partial charge in [-0.05, 0) is 55.3 Å². The van der Waals surface area contributed by atoms with Crippen LogP contribution in [0.5, 0.6) is 11.5 Å². The number of hydrogen-bond acceptors (Lipinski definition) is 3. The lowest BCUT2D eigenvalue weighted by Crippen LogP contribution is -3.00. The lowest BCUT2D eigenvalue weighted by Gasteiger charge is -2.11. The highest BCUT2D eigenvalue weighted by Gasteiger charge is 2.29. The SMILES string of the molecule is Cc1cc2c(cc1C)[n+](Cc1c3c(cc4c1OCC4)OCC3)cn2CC(=O)c1ccc(Br)cc1.[Br-]. The Kier molecular flexibility index (Phi) is 6.49. The molecule has 1 aromatic heterocycles. The van der Waals surface area contributed by atoms with E-state index in [4.69, 9.17) is 9.47 Å². The van der Waals surface area contributed by atoms with Crippen LogP contribution in [0.2, 0.25) is 0 Å². The number of ketones is 1. The number of ether oxygens (including phenoxy) is 2. The highest BCUT2D eigenvalue weighted by Crippen LogP contribution is 2.40. The fourth-order valence-electron chi connectivity index (χ4n) is 5.09. The van der Waals surface area contributed by atoms with Crippen molar-refractivity contribution in [2.24, 2.45) is 0 Å². The molecule has 5 nitrogen and oxygen atoms in total. The fourth-order valence-corrected chi connectivity index (χ4v) is 5.36. The molecule has 0 saturated carbocycles. The number of carbonyl (C=O) groups excluding carboxylic acids is 1. The number of imidazole rings is 1. The number of aryl methyl sites for hydroxylation is 2. The molecule has 0 N–H and O–H groups in total. The standard InChI is InChI=1S/C28H26BrN2O3.BrH/c1-17-11-24-25(12-18(17)2)31(15-26(32)19-3-5-21(29)6-4-19)16-30(24)14-23-22-8-10-33-27(22)13-20-7-9-34-28(20)23;/h3-6,11-13,16H,7-10,14-15H2,1-2H3;1H/q+1;/p-1. The van der Waals surface area contributed by atoms with Crippen molar-refractivity contribution >= 4 is 32.7 Å². The van der Waals surface area contributed by atoms with Gasteiger partial charge in [0.2, 0.25) is 12.1 Å². The summed E-state index contributed by atoms with van der Waals surface area (Å²) >= 11 is 3.45. The quantitative estimate of drug-likeness (QED) is 0.262. The average molecular weight is 598 g/mol. The highest BCUT2D eigenvalue weighted by atomic mass is 79.9. The molecular weight excluding hydrogens is 572 g/mol. The van der Waals surface area contributed by atoms with Crippen LogP contribution in [-0.2, 0) is 25.9 Å². The zero-order chi connectivity index (χ0) is 23.4. The molecular formula is C28H26Br2N2O3. The van der Waals surface area contributed by atoms with Crippen molar-refractivity contribution in [3.63, 3.8) is 0 Å². The van der Waals surface area contributed by atoms with E-state index in [0.717, 1.165) is 53.1 Å². The van der Waals surface area contributed by atoms with Gasteiger partial charge in [-0.3, -0.25) is 4.79 Å². The Hall–Kier alpha value is -2.64. The van der Waals surface area contributed by atoms with E-state index in [1.807, 2.05) is 24.3 Å². The molecule has 0 unspecified atom stereocenters. The summed E-state index contributed by atoms with van der Waals surface area (Å²) in [5, 5.41) is 0. The summed E-state index contributed by atoms with van der Waals surface area (Å²) in [7, 11) is 0. The lowest BCUT2D eigenvalue weighted by molar-refractivity contribution is -0.663. The molecule has 35 heavy (non-hydrogen) atoms. The molecule has 0 radical (unpaired) electrons. The predicted molar refractivity (Wildman–Crippen MR) is 134 cm³/mol. The Balaban J connectivity index is 0.00000253. The van der Waals surface area contributed by atoms with E-state index in [-0.39, 0.29) is 29.3 Å². The molecule has 3 heterocycles. The topological polar surface area (TPSA) is 44.3 Å². The zero-order valence-corrected chi connectivity index (χ0v) is 22.9. The molecule has 0 saturated heterocycles. The van der Waals surface area contributed by atoms with E-state index in [2.05, 4.69) is 63.4 Å². The van der Waals surface area contributed by atoms with Gasteiger partial charge in [0.15, 0.2) is 17.6 Å². The van der Waals surface area contributed by atoms with Gasteiger partial charge in [-0.25, -0.2) is 9.13 Å². The normalized spacial score (nSPS) is 13.7. The van der Waals surface area contributed by atoms with Crippen LogP contribution < -0.4 is 31.0 Å². The van der Waals surface area contributed by atoms with E-state index in [9.17, 15) is 4.79 Å². The molecule has 7 heteroatoms. The summed E-state index contributed by atoms with van der Waals surface area (Å²) in [6.07, 6.45) is 3.91. The van der Waals surface area contributed by atoms with Gasteiger partial charge in [-0.1, -0.05) is 28.1 Å². The van der Waals surface area contributed by atoms with Gasteiger partial charge < -0.3 is 26.5 Å². The van der Waals surface area contributed by atoms with Crippen molar-refractivity contribution in [3.05, 3.63) is 86.6 Å². The van der Waals surface area contributed by atoms with Crippen molar-refractivity contribution in [3.8, 4) is 11.5 Å². The van der Waals surface area contributed by atoms with Gasteiger partial charge in [-0.2, -0.15) is 0 Å². The van der Waals surface area contributed by atoms with E-state index >= 15 is 0 Å². The summed E-state index contributed by atoms with van der Waals surface area (Å²) in [6, 6.07) is 14.1. The Morgan fingerprint density at radius 3 is 2.57 bits per heavy atom. The first-order valence-corrected chi connectivity index (χ1v) is 12.5. The summed E-state index contributed by atoms with van der Waals surface area (Å²) in [5.41, 5.74) is 9.05. The van der Waals surface area contributed by atoms with Crippen LogP contribution in [0.4, 0.5) is 0 Å². The molecule has 0 spiro atoms. The second-order valence-corrected chi connectivity index (χ2v) is 10.2. The van der Waals surface area contributed by atoms with E-state index in [0.29, 0.717) is 12.1 Å². The highest BCUT2D eigenvalue weighted by molar-refractivity contribution is 9.10. The van der Waals surface area contributed by atoms with Crippen LogP contribution in [0.15, 0.2) is 53.3 Å². The molecule has 0 aliphatic carbocycles. The number of nitrogens with zero attached hydrogens (tertiary/aromatic N) is 2. The van der Waals surface area contributed by atoms with Gasteiger partial charge in [0.1, 0.15) is 18.0 Å². The Labute approximate surface area is 223 Å². The maximum atomic E-state index is 13.1.